The molecule has 0 aromatic carbocycles. The molecular formula is C24H34N6O. The summed E-state index contributed by atoms with van der Waals surface area (Å²) in [4.78, 5) is 19.3. The quantitative estimate of drug-likeness (QED) is 0.776. The number of piperazine rings is 1. The number of aliphatic imine (C=N–C) groups is 1. The summed E-state index contributed by atoms with van der Waals surface area (Å²) in [6.07, 6.45) is 11.8. The molecule has 3 atom stereocenters. The number of rotatable bonds is 5. The van der Waals surface area contributed by atoms with Gasteiger partial charge in [-0.1, -0.05) is 12.1 Å². The molecule has 3 unspecified atom stereocenters. The Balaban J connectivity index is 1.33. The summed E-state index contributed by atoms with van der Waals surface area (Å²) in [7, 11) is 4.35. The average Bonchev–Trinajstić information content (AvgIpc) is 3.16. The molecule has 5 rings (SSSR count). The molecule has 1 aromatic rings. The Morgan fingerprint density at radius 2 is 2.06 bits per heavy atom. The van der Waals surface area contributed by atoms with Crippen LogP contribution in [0.25, 0.3) is 0 Å². The van der Waals surface area contributed by atoms with E-state index in [1.807, 2.05) is 12.3 Å². The summed E-state index contributed by atoms with van der Waals surface area (Å²) < 4.78 is 0. The van der Waals surface area contributed by atoms with E-state index in [0.717, 1.165) is 51.3 Å². The summed E-state index contributed by atoms with van der Waals surface area (Å²) >= 11 is 0. The van der Waals surface area contributed by atoms with Gasteiger partial charge in [-0.25, -0.2) is 0 Å². The van der Waals surface area contributed by atoms with E-state index in [-0.39, 0.29) is 18.8 Å². The highest BCUT2D eigenvalue weighted by Gasteiger charge is 2.40. The highest BCUT2D eigenvalue weighted by atomic mass is 16.3. The van der Waals surface area contributed by atoms with Gasteiger partial charge in [0.15, 0.2) is 0 Å². The smallest absolute Gasteiger partial charge is 0.142 e. The van der Waals surface area contributed by atoms with Crippen LogP contribution in [0.1, 0.15) is 30.1 Å². The Kier molecular flexibility index (Phi) is 5.82. The van der Waals surface area contributed by atoms with Crippen molar-refractivity contribution in [3.8, 4) is 0 Å². The number of hydrogen-bond donors (Lipinski definition) is 1. The fourth-order valence-corrected chi connectivity index (χ4v) is 5.44. The molecule has 0 saturated carbocycles. The molecule has 3 aliphatic heterocycles. The fourth-order valence-electron chi connectivity index (χ4n) is 5.44. The van der Waals surface area contributed by atoms with Gasteiger partial charge in [0, 0.05) is 38.9 Å². The van der Waals surface area contributed by atoms with Crippen molar-refractivity contribution in [2.24, 2.45) is 4.99 Å². The lowest BCUT2D eigenvalue weighted by Crippen LogP contribution is -2.52. The average molecular weight is 423 g/mol. The van der Waals surface area contributed by atoms with E-state index in [1.54, 1.807) is 0 Å². The van der Waals surface area contributed by atoms with Crippen LogP contribution in [-0.4, -0.2) is 101 Å². The van der Waals surface area contributed by atoms with E-state index in [4.69, 9.17) is 9.98 Å². The monoisotopic (exact) mass is 422 g/mol. The van der Waals surface area contributed by atoms with Gasteiger partial charge in [-0.15, -0.1) is 0 Å². The molecular weight excluding hydrogens is 388 g/mol. The maximum atomic E-state index is 10.4. The van der Waals surface area contributed by atoms with E-state index in [1.165, 1.54) is 23.5 Å². The van der Waals surface area contributed by atoms with Gasteiger partial charge >= 0.3 is 0 Å². The van der Waals surface area contributed by atoms with Crippen molar-refractivity contribution in [2.75, 3.05) is 53.4 Å². The predicted molar refractivity (Wildman–Crippen MR) is 123 cm³/mol. The van der Waals surface area contributed by atoms with Crippen LogP contribution in [0.15, 0.2) is 47.4 Å². The largest absolute Gasteiger partial charge is 0.394 e. The van der Waals surface area contributed by atoms with Crippen LogP contribution < -0.4 is 0 Å². The van der Waals surface area contributed by atoms with Crippen LogP contribution in [0.3, 0.4) is 0 Å². The highest BCUT2D eigenvalue weighted by Crippen LogP contribution is 2.34. The number of aromatic nitrogens is 1. The third-order valence-corrected chi connectivity index (χ3v) is 7.21. The minimum atomic E-state index is -0.0740. The van der Waals surface area contributed by atoms with Gasteiger partial charge in [0.1, 0.15) is 12.0 Å². The zero-order valence-corrected chi connectivity index (χ0v) is 18.7. The lowest BCUT2D eigenvalue weighted by atomic mass is 9.91. The fraction of sp³-hybridized carbons (Fsp3) is 0.583. The summed E-state index contributed by atoms with van der Waals surface area (Å²) in [6, 6.07) is 4.49. The number of hydrogen-bond acceptors (Lipinski definition) is 7. The Labute approximate surface area is 185 Å². The number of nitrogens with zero attached hydrogens (tertiary/aromatic N) is 6. The van der Waals surface area contributed by atoms with Crippen LogP contribution in [0.5, 0.6) is 0 Å². The lowest BCUT2D eigenvalue weighted by molar-refractivity contribution is 0.105. The Morgan fingerprint density at radius 3 is 2.87 bits per heavy atom. The molecule has 1 saturated heterocycles. The standard InChI is InChI=1S/C24H34N6O/c1-27-12-14-29(15-13-27)23-10-4-9-22-26-19(21(17-31)30(22)23)16-28(2)20-8-3-6-18-7-5-11-25-24(18)20/h4-5,7,9-11,20-22,31H,3,6,8,12-17H2,1-2H3. The third kappa shape index (κ3) is 3.90. The first-order chi connectivity index (χ1) is 15.2. The van der Waals surface area contributed by atoms with Crippen molar-refractivity contribution in [3.63, 3.8) is 0 Å². The molecule has 166 valence electrons. The first-order valence-corrected chi connectivity index (χ1v) is 11.6. The highest BCUT2D eigenvalue weighted by molar-refractivity contribution is 5.93. The minimum Gasteiger partial charge on any atom is -0.394 e. The second-order valence-electron chi connectivity index (χ2n) is 9.21. The number of aryl methyl sites for hydroxylation is 1. The van der Waals surface area contributed by atoms with Crippen molar-refractivity contribution in [1.82, 2.24) is 24.6 Å². The first kappa shape index (κ1) is 20.7. The molecule has 4 heterocycles. The Hall–Kier alpha value is -2.22. The van der Waals surface area contributed by atoms with E-state index in [9.17, 15) is 5.11 Å². The molecule has 1 aromatic heterocycles. The molecule has 0 spiro atoms. The van der Waals surface area contributed by atoms with E-state index >= 15 is 0 Å². The second kappa shape index (κ2) is 8.73. The normalized spacial score (nSPS) is 28.5. The summed E-state index contributed by atoms with van der Waals surface area (Å²) in [6.45, 7) is 4.99. The molecule has 0 bridgehead atoms. The molecule has 1 aliphatic carbocycles. The molecule has 4 aliphatic rings. The molecule has 1 N–H and O–H groups in total. The summed E-state index contributed by atoms with van der Waals surface area (Å²) in [5, 5.41) is 10.4. The molecule has 7 heteroatoms. The van der Waals surface area contributed by atoms with Gasteiger partial charge < -0.3 is 19.8 Å². The predicted octanol–water partition coefficient (Wildman–Crippen LogP) is 1.49. The minimum absolute atomic E-state index is 0.0167. The molecule has 0 radical (unpaired) electrons. The van der Waals surface area contributed by atoms with E-state index < -0.39 is 0 Å². The zero-order valence-electron chi connectivity index (χ0n) is 18.7. The summed E-state index contributed by atoms with van der Waals surface area (Å²) in [5.74, 6) is 1.20. The molecule has 0 amide bonds. The van der Waals surface area contributed by atoms with Crippen molar-refractivity contribution in [2.45, 2.75) is 37.5 Å². The number of pyridine rings is 1. The van der Waals surface area contributed by atoms with Crippen LogP contribution in [0.2, 0.25) is 0 Å². The van der Waals surface area contributed by atoms with Crippen molar-refractivity contribution >= 4 is 5.71 Å². The van der Waals surface area contributed by atoms with Crippen molar-refractivity contribution in [1.29, 1.82) is 0 Å². The van der Waals surface area contributed by atoms with Gasteiger partial charge in [0.05, 0.1) is 30.1 Å². The zero-order chi connectivity index (χ0) is 21.4. The molecule has 1 fully saturated rings. The summed E-state index contributed by atoms with van der Waals surface area (Å²) in [5.41, 5.74) is 3.66. The SMILES string of the molecule is CN1CCN(C2=CC=CC3N=C(CN(C)C4CCCc5cccnc54)C(CO)N23)CC1. The topological polar surface area (TPSA) is 58.4 Å². The number of allylic oxidation sites excluding steroid dienone is 2. The maximum Gasteiger partial charge on any atom is 0.142 e. The van der Waals surface area contributed by atoms with Crippen molar-refractivity contribution in [3.05, 3.63) is 53.6 Å². The van der Waals surface area contributed by atoms with Gasteiger partial charge in [-0.05, 0) is 57.1 Å². The van der Waals surface area contributed by atoms with Gasteiger partial charge in [0.2, 0.25) is 0 Å². The van der Waals surface area contributed by atoms with Crippen LogP contribution in [0, 0.1) is 0 Å². The van der Waals surface area contributed by atoms with Crippen LogP contribution in [0.4, 0.5) is 0 Å². The Bertz CT molecular complexity index is 888. The molecule has 7 nitrogen and oxygen atoms in total. The first-order valence-electron chi connectivity index (χ1n) is 11.6. The van der Waals surface area contributed by atoms with Crippen LogP contribution in [-0.2, 0) is 6.42 Å². The maximum absolute atomic E-state index is 10.4. The van der Waals surface area contributed by atoms with Gasteiger partial charge in [0.25, 0.3) is 0 Å². The van der Waals surface area contributed by atoms with Crippen molar-refractivity contribution < 1.29 is 5.11 Å². The van der Waals surface area contributed by atoms with E-state index in [0.29, 0.717) is 6.04 Å². The number of aliphatic hydroxyl groups excluding tert-OH is 1. The number of fused-ring (bicyclic) bond motifs is 2. The van der Waals surface area contributed by atoms with Gasteiger partial charge in [-0.2, -0.15) is 0 Å². The molecule has 31 heavy (non-hydrogen) atoms. The lowest BCUT2D eigenvalue weighted by Gasteiger charge is -2.43. The second-order valence-corrected chi connectivity index (χ2v) is 9.21. The van der Waals surface area contributed by atoms with E-state index in [2.05, 4.69) is 58.0 Å². The third-order valence-electron chi connectivity index (χ3n) is 7.21. The Morgan fingerprint density at radius 1 is 1.23 bits per heavy atom. The van der Waals surface area contributed by atoms with Crippen LogP contribution >= 0.6 is 0 Å². The number of likely N-dealkylation sites (N-methyl/N-ethyl adjacent to an activating group) is 1. The number of aliphatic hydroxyl groups is 1. The van der Waals surface area contributed by atoms with Gasteiger partial charge in [-0.3, -0.25) is 14.9 Å².